The highest BCUT2D eigenvalue weighted by Gasteiger charge is 2.18. The lowest BCUT2D eigenvalue weighted by Gasteiger charge is -2.19. The highest BCUT2D eigenvalue weighted by molar-refractivity contribution is 5.77. The Labute approximate surface area is 157 Å². The van der Waals surface area contributed by atoms with Gasteiger partial charge in [0.1, 0.15) is 11.6 Å². The van der Waals surface area contributed by atoms with E-state index in [2.05, 4.69) is 25.2 Å². The van der Waals surface area contributed by atoms with Crippen LogP contribution in [0.1, 0.15) is 18.7 Å². The molecule has 1 amide bonds. The second kappa shape index (κ2) is 8.61. The molecule has 0 radical (unpaired) electrons. The van der Waals surface area contributed by atoms with E-state index in [1.165, 1.54) is 24.3 Å². The van der Waals surface area contributed by atoms with Gasteiger partial charge in [0, 0.05) is 27.2 Å². The number of amides is 1. The first-order valence-electron chi connectivity index (χ1n) is 8.83. The zero-order valence-electron chi connectivity index (χ0n) is 15.5. The van der Waals surface area contributed by atoms with Crippen LogP contribution in [0, 0.1) is 5.82 Å². The lowest BCUT2D eigenvalue weighted by Crippen LogP contribution is -2.30. The van der Waals surface area contributed by atoms with Gasteiger partial charge < -0.3 is 19.9 Å². The molecule has 3 rings (SSSR count). The molecule has 0 atom stereocenters. The third-order valence-electron chi connectivity index (χ3n) is 4.07. The van der Waals surface area contributed by atoms with E-state index in [4.69, 9.17) is 4.74 Å². The zero-order chi connectivity index (χ0) is 19.2. The molecule has 1 aromatic carbocycles. The Kier molecular flexibility index (Phi) is 6.00. The van der Waals surface area contributed by atoms with E-state index in [0.717, 1.165) is 25.9 Å². The largest absolute Gasteiger partial charge is 0.484 e. The van der Waals surface area contributed by atoms with Crippen LogP contribution >= 0.6 is 0 Å². The van der Waals surface area contributed by atoms with Gasteiger partial charge in [-0.3, -0.25) is 4.79 Å². The van der Waals surface area contributed by atoms with Crippen LogP contribution in [0.4, 0.5) is 16.3 Å². The predicted octanol–water partition coefficient (Wildman–Crippen LogP) is 1.37. The molecule has 0 spiro atoms. The number of hydrogen-bond acceptors (Lipinski definition) is 7. The third-order valence-corrected chi connectivity index (χ3v) is 4.07. The van der Waals surface area contributed by atoms with E-state index in [1.807, 2.05) is 19.0 Å². The number of halogens is 1. The molecule has 1 fully saturated rings. The molecule has 1 saturated heterocycles. The smallest absolute Gasteiger partial charge is 0.258 e. The van der Waals surface area contributed by atoms with E-state index in [-0.39, 0.29) is 24.9 Å². The molecule has 144 valence electrons. The predicted molar refractivity (Wildman–Crippen MR) is 99.3 cm³/mol. The van der Waals surface area contributed by atoms with Crippen molar-refractivity contribution in [2.75, 3.05) is 43.6 Å². The summed E-state index contributed by atoms with van der Waals surface area (Å²) in [6.07, 6.45) is 2.24. The summed E-state index contributed by atoms with van der Waals surface area (Å²) in [6.45, 7) is 1.86. The second-order valence-electron chi connectivity index (χ2n) is 6.46. The summed E-state index contributed by atoms with van der Waals surface area (Å²) in [7, 11) is 3.73. The van der Waals surface area contributed by atoms with Crippen molar-refractivity contribution < 1.29 is 13.9 Å². The molecule has 27 heavy (non-hydrogen) atoms. The number of rotatable bonds is 7. The monoisotopic (exact) mass is 374 g/mol. The van der Waals surface area contributed by atoms with Crippen molar-refractivity contribution >= 4 is 17.8 Å². The van der Waals surface area contributed by atoms with Gasteiger partial charge in [0.15, 0.2) is 12.4 Å². The summed E-state index contributed by atoms with van der Waals surface area (Å²) in [5, 5.41) is 2.74. The van der Waals surface area contributed by atoms with Crippen molar-refractivity contribution in [1.29, 1.82) is 0 Å². The second-order valence-corrected chi connectivity index (χ2v) is 6.46. The summed E-state index contributed by atoms with van der Waals surface area (Å²) in [5.41, 5.74) is 0. The molecular formula is C18H23FN6O2. The Hall–Kier alpha value is -2.97. The van der Waals surface area contributed by atoms with E-state index in [1.54, 1.807) is 0 Å². The number of nitrogens with zero attached hydrogens (tertiary/aromatic N) is 5. The number of benzene rings is 1. The minimum atomic E-state index is -0.354. The van der Waals surface area contributed by atoms with E-state index < -0.39 is 0 Å². The molecule has 0 saturated carbocycles. The number of carbonyl (C=O) groups excluding carboxylic acids is 1. The van der Waals surface area contributed by atoms with Crippen LogP contribution in [0.3, 0.4) is 0 Å². The topological polar surface area (TPSA) is 83.5 Å². The quantitative estimate of drug-likeness (QED) is 0.784. The molecule has 1 N–H and O–H groups in total. The standard InChI is InChI=1S/C18H23FN6O2/c1-24(2)17-21-15(22-18(23-17)25-9-3-4-10-25)11-20-16(26)12-27-14-7-5-13(19)6-8-14/h5-8H,3-4,9-12H2,1-2H3,(H,20,26). The maximum atomic E-state index is 12.9. The van der Waals surface area contributed by atoms with Gasteiger partial charge in [0.05, 0.1) is 6.54 Å². The van der Waals surface area contributed by atoms with Gasteiger partial charge in [0.25, 0.3) is 5.91 Å². The zero-order valence-corrected chi connectivity index (χ0v) is 15.5. The fourth-order valence-corrected chi connectivity index (χ4v) is 2.64. The molecule has 0 aliphatic carbocycles. The number of nitrogens with one attached hydrogen (secondary N) is 1. The van der Waals surface area contributed by atoms with Gasteiger partial charge >= 0.3 is 0 Å². The van der Waals surface area contributed by atoms with Crippen molar-refractivity contribution in [3.63, 3.8) is 0 Å². The van der Waals surface area contributed by atoms with Gasteiger partial charge in [-0.1, -0.05) is 0 Å². The van der Waals surface area contributed by atoms with E-state index in [9.17, 15) is 9.18 Å². The molecule has 2 heterocycles. The van der Waals surface area contributed by atoms with Crippen LogP contribution < -0.4 is 19.9 Å². The molecule has 1 aromatic heterocycles. The summed E-state index contributed by atoms with van der Waals surface area (Å²) in [5.74, 6) is 1.45. The van der Waals surface area contributed by atoms with Crippen molar-refractivity contribution in [2.45, 2.75) is 19.4 Å². The van der Waals surface area contributed by atoms with Crippen molar-refractivity contribution in [1.82, 2.24) is 20.3 Å². The fourth-order valence-electron chi connectivity index (χ4n) is 2.64. The highest BCUT2D eigenvalue weighted by Crippen LogP contribution is 2.18. The van der Waals surface area contributed by atoms with Crippen LogP contribution in [-0.2, 0) is 11.3 Å². The normalized spacial score (nSPS) is 13.5. The number of carbonyl (C=O) groups is 1. The third kappa shape index (κ3) is 5.25. The molecule has 2 aromatic rings. The minimum absolute atomic E-state index is 0.170. The first-order valence-corrected chi connectivity index (χ1v) is 8.83. The van der Waals surface area contributed by atoms with Gasteiger partial charge in [-0.25, -0.2) is 4.39 Å². The maximum absolute atomic E-state index is 12.9. The van der Waals surface area contributed by atoms with Gasteiger partial charge in [0.2, 0.25) is 11.9 Å². The SMILES string of the molecule is CN(C)c1nc(CNC(=O)COc2ccc(F)cc2)nc(N2CCCC2)n1. The van der Waals surface area contributed by atoms with Crippen LogP contribution in [0.15, 0.2) is 24.3 Å². The summed E-state index contributed by atoms with van der Waals surface area (Å²) in [6, 6.07) is 5.50. The number of ether oxygens (including phenoxy) is 1. The van der Waals surface area contributed by atoms with Crippen LogP contribution in [0.2, 0.25) is 0 Å². The molecule has 9 heteroatoms. The maximum Gasteiger partial charge on any atom is 0.258 e. The average Bonchev–Trinajstić information content (AvgIpc) is 3.20. The highest BCUT2D eigenvalue weighted by atomic mass is 19.1. The fraction of sp³-hybridized carbons (Fsp3) is 0.444. The first-order chi connectivity index (χ1) is 13.0. The first kappa shape index (κ1) is 18.8. The van der Waals surface area contributed by atoms with Crippen molar-refractivity contribution in [3.05, 3.63) is 35.9 Å². The summed E-state index contributed by atoms with van der Waals surface area (Å²) >= 11 is 0. The Morgan fingerprint density at radius 1 is 1.19 bits per heavy atom. The van der Waals surface area contributed by atoms with Crippen LogP contribution in [-0.4, -0.2) is 54.7 Å². The minimum Gasteiger partial charge on any atom is -0.484 e. The molecule has 1 aliphatic rings. The van der Waals surface area contributed by atoms with E-state index in [0.29, 0.717) is 23.5 Å². The number of anilines is 2. The van der Waals surface area contributed by atoms with Crippen LogP contribution in [0.5, 0.6) is 5.75 Å². The Bertz CT molecular complexity index is 778. The molecular weight excluding hydrogens is 351 g/mol. The Balaban J connectivity index is 1.58. The Morgan fingerprint density at radius 2 is 1.89 bits per heavy atom. The molecule has 8 nitrogen and oxygen atoms in total. The number of aromatic nitrogens is 3. The average molecular weight is 374 g/mol. The van der Waals surface area contributed by atoms with Gasteiger partial charge in [-0.05, 0) is 37.1 Å². The molecule has 0 bridgehead atoms. The number of hydrogen-bond donors (Lipinski definition) is 1. The Morgan fingerprint density at radius 3 is 2.56 bits per heavy atom. The van der Waals surface area contributed by atoms with Gasteiger partial charge in [-0.15, -0.1) is 0 Å². The summed E-state index contributed by atoms with van der Waals surface area (Å²) in [4.78, 5) is 29.3. The summed E-state index contributed by atoms with van der Waals surface area (Å²) < 4.78 is 18.2. The molecule has 1 aliphatic heterocycles. The lowest BCUT2D eigenvalue weighted by molar-refractivity contribution is -0.123. The van der Waals surface area contributed by atoms with E-state index >= 15 is 0 Å². The van der Waals surface area contributed by atoms with Crippen molar-refractivity contribution in [3.8, 4) is 5.75 Å². The van der Waals surface area contributed by atoms with Crippen molar-refractivity contribution in [2.24, 2.45) is 0 Å². The van der Waals surface area contributed by atoms with Gasteiger partial charge in [-0.2, -0.15) is 15.0 Å². The molecule has 0 unspecified atom stereocenters. The van der Waals surface area contributed by atoms with Crippen LogP contribution in [0.25, 0.3) is 0 Å². The lowest BCUT2D eigenvalue weighted by atomic mass is 10.3.